The van der Waals surface area contributed by atoms with Crippen molar-refractivity contribution in [3.8, 4) is 0 Å². The van der Waals surface area contributed by atoms with E-state index in [-0.39, 0.29) is 17.2 Å². The third-order valence-corrected chi connectivity index (χ3v) is 8.73. The lowest BCUT2D eigenvalue weighted by Crippen LogP contribution is -2.55. The summed E-state index contributed by atoms with van der Waals surface area (Å²) in [6.45, 7) is 0. The van der Waals surface area contributed by atoms with Crippen molar-refractivity contribution in [1.29, 1.82) is 0 Å². The van der Waals surface area contributed by atoms with Gasteiger partial charge < -0.3 is 5.32 Å². The smallest absolute Gasteiger partial charge is 0.270 e. The van der Waals surface area contributed by atoms with Crippen LogP contribution in [0, 0.1) is 27.9 Å². The molecule has 42 heavy (non-hydrogen) atoms. The SMILES string of the molecule is O=[N+]([O-])c1cccc(/C=N/Nc2nc(NC34CC5CC(CC(C5)C3)C4)nc(N(c3ccccc3)c3ccccc3)n2)c1. The first-order valence-corrected chi connectivity index (χ1v) is 14.5. The number of hydrogen-bond donors (Lipinski definition) is 2. The van der Waals surface area contributed by atoms with E-state index in [4.69, 9.17) is 15.0 Å². The lowest BCUT2D eigenvalue weighted by atomic mass is 9.53. The Morgan fingerprint density at radius 2 is 1.40 bits per heavy atom. The predicted octanol–water partition coefficient (Wildman–Crippen LogP) is 7.08. The molecule has 0 atom stereocenters. The van der Waals surface area contributed by atoms with E-state index >= 15 is 0 Å². The third-order valence-electron chi connectivity index (χ3n) is 8.73. The molecule has 4 bridgehead atoms. The molecule has 10 heteroatoms. The molecular formula is C32H32N8O2. The van der Waals surface area contributed by atoms with Gasteiger partial charge in [-0.15, -0.1) is 0 Å². The van der Waals surface area contributed by atoms with Crippen LogP contribution in [0.3, 0.4) is 0 Å². The van der Waals surface area contributed by atoms with Crippen LogP contribution in [0.25, 0.3) is 0 Å². The van der Waals surface area contributed by atoms with Gasteiger partial charge in [-0.05, 0) is 80.5 Å². The van der Waals surface area contributed by atoms with Crippen LogP contribution in [0.4, 0.5) is 34.9 Å². The minimum Gasteiger partial charge on any atom is -0.349 e. The summed E-state index contributed by atoms with van der Waals surface area (Å²) in [4.78, 5) is 27.3. The van der Waals surface area contributed by atoms with Crippen molar-refractivity contribution >= 4 is 41.1 Å². The van der Waals surface area contributed by atoms with Crippen LogP contribution in [0.1, 0.15) is 44.1 Å². The molecule has 0 unspecified atom stereocenters. The van der Waals surface area contributed by atoms with E-state index in [0.29, 0.717) is 17.5 Å². The van der Waals surface area contributed by atoms with E-state index < -0.39 is 4.92 Å². The summed E-state index contributed by atoms with van der Waals surface area (Å²) >= 11 is 0. The van der Waals surface area contributed by atoms with Crippen molar-refractivity contribution in [2.45, 2.75) is 44.1 Å². The molecule has 10 nitrogen and oxygen atoms in total. The quantitative estimate of drug-likeness (QED) is 0.127. The van der Waals surface area contributed by atoms with Crippen LogP contribution in [0.5, 0.6) is 0 Å². The van der Waals surface area contributed by atoms with Crippen molar-refractivity contribution < 1.29 is 4.92 Å². The van der Waals surface area contributed by atoms with Crippen LogP contribution in [-0.4, -0.2) is 31.6 Å². The lowest BCUT2D eigenvalue weighted by molar-refractivity contribution is -0.384. The molecule has 4 fully saturated rings. The fourth-order valence-corrected chi connectivity index (χ4v) is 7.49. The van der Waals surface area contributed by atoms with Gasteiger partial charge in [-0.3, -0.25) is 15.0 Å². The van der Waals surface area contributed by atoms with E-state index in [1.165, 1.54) is 37.6 Å². The van der Waals surface area contributed by atoms with Crippen molar-refractivity contribution in [3.05, 3.63) is 101 Å². The molecule has 0 aliphatic heterocycles. The van der Waals surface area contributed by atoms with Gasteiger partial charge in [0.25, 0.3) is 5.69 Å². The van der Waals surface area contributed by atoms with E-state index in [9.17, 15) is 10.1 Å². The van der Waals surface area contributed by atoms with Crippen molar-refractivity contribution in [1.82, 2.24) is 15.0 Å². The molecule has 212 valence electrons. The average molecular weight is 561 g/mol. The molecule has 4 aliphatic rings. The molecule has 8 rings (SSSR count). The zero-order valence-corrected chi connectivity index (χ0v) is 23.1. The van der Waals surface area contributed by atoms with Crippen LogP contribution in [0.15, 0.2) is 90.0 Å². The molecule has 3 aromatic carbocycles. The van der Waals surface area contributed by atoms with Gasteiger partial charge >= 0.3 is 0 Å². The molecule has 1 heterocycles. The van der Waals surface area contributed by atoms with Crippen molar-refractivity contribution in [3.63, 3.8) is 0 Å². The molecular weight excluding hydrogens is 528 g/mol. The number of nitrogens with zero attached hydrogens (tertiary/aromatic N) is 6. The molecule has 0 amide bonds. The zero-order valence-electron chi connectivity index (χ0n) is 23.1. The first-order chi connectivity index (χ1) is 20.5. The molecule has 0 saturated heterocycles. The summed E-state index contributed by atoms with van der Waals surface area (Å²) in [5, 5.41) is 19.3. The summed E-state index contributed by atoms with van der Waals surface area (Å²) in [7, 11) is 0. The van der Waals surface area contributed by atoms with Gasteiger partial charge in [0.1, 0.15) is 0 Å². The van der Waals surface area contributed by atoms with E-state index in [0.717, 1.165) is 48.4 Å². The van der Waals surface area contributed by atoms with Crippen LogP contribution in [0.2, 0.25) is 0 Å². The Kier molecular flexibility index (Phi) is 6.73. The fraction of sp³-hybridized carbons (Fsp3) is 0.312. The molecule has 1 aromatic heterocycles. The van der Waals surface area contributed by atoms with Gasteiger partial charge in [0, 0.05) is 34.6 Å². The molecule has 2 N–H and O–H groups in total. The second-order valence-electron chi connectivity index (χ2n) is 11.8. The highest BCUT2D eigenvalue weighted by Gasteiger charge is 2.51. The summed E-state index contributed by atoms with van der Waals surface area (Å²) in [5.74, 6) is 3.58. The number of nitro groups is 1. The number of nitrogens with one attached hydrogen (secondary N) is 2. The maximum Gasteiger partial charge on any atom is 0.270 e. The van der Waals surface area contributed by atoms with Crippen LogP contribution >= 0.6 is 0 Å². The van der Waals surface area contributed by atoms with Crippen molar-refractivity contribution in [2.75, 3.05) is 15.6 Å². The first kappa shape index (κ1) is 26.1. The number of benzene rings is 3. The summed E-state index contributed by atoms with van der Waals surface area (Å²) < 4.78 is 0. The molecule has 4 aliphatic carbocycles. The number of aromatic nitrogens is 3. The monoisotopic (exact) mass is 560 g/mol. The van der Waals surface area contributed by atoms with Gasteiger partial charge in [0.2, 0.25) is 17.8 Å². The minimum atomic E-state index is -0.423. The number of hydrogen-bond acceptors (Lipinski definition) is 9. The lowest BCUT2D eigenvalue weighted by Gasteiger charge is -2.56. The third kappa shape index (κ3) is 5.39. The Morgan fingerprint density at radius 3 is 2.00 bits per heavy atom. The summed E-state index contributed by atoms with van der Waals surface area (Å²) in [6.07, 6.45) is 9.00. The zero-order chi connectivity index (χ0) is 28.5. The Balaban J connectivity index is 1.25. The molecule has 0 radical (unpaired) electrons. The highest BCUT2D eigenvalue weighted by Crippen LogP contribution is 2.56. The second kappa shape index (κ2) is 10.8. The second-order valence-corrected chi connectivity index (χ2v) is 11.8. The standard InChI is InChI=1S/C32H32N8O2/c41-40(42)28-13-7-8-22(17-28)21-33-38-30-34-29(37-32-18-23-14-24(19-32)16-25(15-23)20-32)35-31(36-30)39(26-9-3-1-4-10-26)27-11-5-2-6-12-27/h1-13,17,21,23-25H,14-16,18-20H2,(H2,34,35,36,37,38)/b33-21+. The highest BCUT2D eigenvalue weighted by molar-refractivity contribution is 5.81. The number of para-hydroxylation sites is 2. The number of non-ortho nitro benzene ring substituents is 1. The Labute approximate surface area is 244 Å². The van der Waals surface area contributed by atoms with Gasteiger partial charge in [-0.25, -0.2) is 5.43 Å². The van der Waals surface area contributed by atoms with E-state index in [1.54, 1.807) is 12.1 Å². The van der Waals surface area contributed by atoms with Gasteiger partial charge in [0.15, 0.2) is 0 Å². The normalized spacial score (nSPS) is 24.0. The number of hydrazone groups is 1. The first-order valence-electron chi connectivity index (χ1n) is 14.5. The molecule has 4 aromatic rings. The maximum absolute atomic E-state index is 11.2. The Hall–Kier alpha value is -4.86. The summed E-state index contributed by atoms with van der Waals surface area (Å²) in [6, 6.07) is 26.3. The number of rotatable bonds is 9. The Bertz CT molecular complexity index is 1540. The largest absolute Gasteiger partial charge is 0.349 e. The van der Waals surface area contributed by atoms with Crippen LogP contribution in [-0.2, 0) is 0 Å². The number of anilines is 5. The topological polar surface area (TPSA) is 121 Å². The van der Waals surface area contributed by atoms with Gasteiger partial charge in [-0.1, -0.05) is 48.5 Å². The molecule has 4 saturated carbocycles. The Morgan fingerprint density at radius 1 is 0.810 bits per heavy atom. The maximum atomic E-state index is 11.2. The van der Waals surface area contributed by atoms with Crippen LogP contribution < -0.4 is 15.6 Å². The minimum absolute atomic E-state index is 0.00120. The predicted molar refractivity (Wildman–Crippen MR) is 163 cm³/mol. The van der Waals surface area contributed by atoms with Gasteiger partial charge in [0.05, 0.1) is 11.1 Å². The van der Waals surface area contributed by atoms with Crippen molar-refractivity contribution in [2.24, 2.45) is 22.9 Å². The van der Waals surface area contributed by atoms with Gasteiger partial charge in [-0.2, -0.15) is 20.1 Å². The fourth-order valence-electron chi connectivity index (χ4n) is 7.49. The average Bonchev–Trinajstić information content (AvgIpc) is 2.98. The highest BCUT2D eigenvalue weighted by atomic mass is 16.6. The number of nitro benzene ring substituents is 1. The molecule has 0 spiro atoms. The summed E-state index contributed by atoms with van der Waals surface area (Å²) in [5.41, 5.74) is 5.39. The van der Waals surface area contributed by atoms with E-state index in [2.05, 4.69) is 15.8 Å². The van der Waals surface area contributed by atoms with E-state index in [1.807, 2.05) is 65.6 Å².